The third-order valence-electron chi connectivity index (χ3n) is 5.41. The smallest absolute Gasteiger partial charge is 0.227 e. The van der Waals surface area contributed by atoms with Crippen molar-refractivity contribution in [2.24, 2.45) is 5.92 Å². The Bertz CT molecular complexity index is 972. The van der Waals surface area contributed by atoms with E-state index in [0.29, 0.717) is 31.5 Å². The molecule has 0 aromatic heterocycles. The predicted molar refractivity (Wildman–Crippen MR) is 113 cm³/mol. The van der Waals surface area contributed by atoms with Crippen LogP contribution in [-0.4, -0.2) is 31.7 Å². The van der Waals surface area contributed by atoms with Crippen LogP contribution >= 0.6 is 0 Å². The van der Waals surface area contributed by atoms with Gasteiger partial charge in [0.05, 0.1) is 5.75 Å². The van der Waals surface area contributed by atoms with Crippen LogP contribution in [0.2, 0.25) is 0 Å². The van der Waals surface area contributed by atoms with Gasteiger partial charge in [-0.2, -0.15) is 0 Å². The van der Waals surface area contributed by atoms with Gasteiger partial charge in [-0.25, -0.2) is 17.1 Å². The van der Waals surface area contributed by atoms with E-state index in [0.717, 1.165) is 22.4 Å². The molecule has 1 heterocycles. The summed E-state index contributed by atoms with van der Waals surface area (Å²) in [5.41, 5.74) is 4.59. The zero-order valence-electron chi connectivity index (χ0n) is 17.0. The molecule has 1 N–H and O–H groups in total. The summed E-state index contributed by atoms with van der Waals surface area (Å²) in [6, 6.07) is 9.56. The lowest BCUT2D eigenvalue weighted by atomic mass is 9.96. The summed E-state index contributed by atoms with van der Waals surface area (Å²) in [6.45, 7) is 6.59. The Kier molecular flexibility index (Phi) is 6.39. The SMILES string of the molecule is Cc1cc(C)c(NC(=O)C2CCN(S(=O)(=O)Cc3ccc(F)cc3)CC2)c(C)c1. The fraction of sp³-hybridized carbons (Fsp3) is 0.409. The molecule has 2 aromatic carbocycles. The molecule has 1 aliphatic heterocycles. The van der Waals surface area contributed by atoms with Crippen LogP contribution in [0.4, 0.5) is 10.1 Å². The second-order valence-electron chi connectivity index (χ2n) is 7.82. The van der Waals surface area contributed by atoms with E-state index in [1.54, 1.807) is 0 Å². The summed E-state index contributed by atoms with van der Waals surface area (Å²) < 4.78 is 39.8. The Hall–Kier alpha value is -2.25. The molecule has 0 saturated carbocycles. The quantitative estimate of drug-likeness (QED) is 0.800. The monoisotopic (exact) mass is 418 g/mol. The van der Waals surface area contributed by atoms with Crippen molar-refractivity contribution in [1.29, 1.82) is 0 Å². The van der Waals surface area contributed by atoms with Crippen molar-refractivity contribution in [2.75, 3.05) is 18.4 Å². The standard InChI is InChI=1S/C22H27FN2O3S/c1-15-12-16(2)21(17(3)13-15)24-22(26)19-8-10-25(11-9-19)29(27,28)14-18-4-6-20(23)7-5-18/h4-7,12-13,19H,8-11,14H2,1-3H3,(H,24,26). The molecule has 0 aliphatic carbocycles. The third kappa shape index (κ3) is 5.22. The van der Waals surface area contributed by atoms with Crippen molar-refractivity contribution in [2.45, 2.75) is 39.4 Å². The minimum absolute atomic E-state index is 0.0596. The zero-order valence-corrected chi connectivity index (χ0v) is 17.9. The van der Waals surface area contributed by atoms with Crippen LogP contribution in [0.25, 0.3) is 0 Å². The highest BCUT2D eigenvalue weighted by molar-refractivity contribution is 7.88. The van der Waals surface area contributed by atoms with Gasteiger partial charge in [0, 0.05) is 24.7 Å². The minimum Gasteiger partial charge on any atom is -0.325 e. The van der Waals surface area contributed by atoms with Crippen LogP contribution in [0.1, 0.15) is 35.1 Å². The number of amides is 1. The number of benzene rings is 2. The highest BCUT2D eigenvalue weighted by atomic mass is 32.2. The second kappa shape index (κ2) is 8.63. The molecule has 29 heavy (non-hydrogen) atoms. The van der Waals surface area contributed by atoms with Gasteiger partial charge in [-0.1, -0.05) is 29.8 Å². The molecule has 3 rings (SSSR count). The molecule has 2 aromatic rings. The summed E-state index contributed by atoms with van der Waals surface area (Å²) >= 11 is 0. The Labute approximate surface area is 172 Å². The molecule has 0 spiro atoms. The molecule has 156 valence electrons. The van der Waals surface area contributed by atoms with E-state index in [1.807, 2.05) is 32.9 Å². The first-order valence-corrected chi connectivity index (χ1v) is 11.4. The second-order valence-corrected chi connectivity index (χ2v) is 9.79. The van der Waals surface area contributed by atoms with Gasteiger partial charge < -0.3 is 5.32 Å². The summed E-state index contributed by atoms with van der Waals surface area (Å²) in [7, 11) is -3.50. The van der Waals surface area contributed by atoms with Gasteiger partial charge in [-0.05, 0) is 62.4 Å². The summed E-state index contributed by atoms with van der Waals surface area (Å²) in [4.78, 5) is 12.7. The van der Waals surface area contributed by atoms with E-state index in [-0.39, 0.29) is 17.6 Å². The number of hydrogen-bond donors (Lipinski definition) is 1. The number of nitrogens with zero attached hydrogens (tertiary/aromatic N) is 1. The normalized spacial score (nSPS) is 16.0. The van der Waals surface area contributed by atoms with Crippen molar-refractivity contribution in [3.8, 4) is 0 Å². The first kappa shape index (κ1) is 21.5. The van der Waals surface area contributed by atoms with Crippen LogP contribution in [0, 0.1) is 32.5 Å². The van der Waals surface area contributed by atoms with E-state index in [4.69, 9.17) is 0 Å². The number of hydrogen-bond acceptors (Lipinski definition) is 3. The largest absolute Gasteiger partial charge is 0.325 e. The number of rotatable bonds is 5. The van der Waals surface area contributed by atoms with Crippen molar-refractivity contribution in [1.82, 2.24) is 4.31 Å². The fourth-order valence-corrected chi connectivity index (χ4v) is 5.44. The molecule has 1 amide bonds. The van der Waals surface area contributed by atoms with Crippen LogP contribution in [-0.2, 0) is 20.6 Å². The summed E-state index contributed by atoms with van der Waals surface area (Å²) in [5.74, 6) is -0.827. The van der Waals surface area contributed by atoms with Crippen LogP contribution in [0.3, 0.4) is 0 Å². The van der Waals surface area contributed by atoms with Gasteiger partial charge in [-0.3, -0.25) is 4.79 Å². The number of carbonyl (C=O) groups is 1. The van der Waals surface area contributed by atoms with Crippen LogP contribution < -0.4 is 5.32 Å². The zero-order chi connectivity index (χ0) is 21.2. The molecule has 0 unspecified atom stereocenters. The lowest BCUT2D eigenvalue weighted by Crippen LogP contribution is -2.42. The van der Waals surface area contributed by atoms with Gasteiger partial charge in [0.25, 0.3) is 0 Å². The number of halogens is 1. The Morgan fingerprint density at radius 2 is 1.62 bits per heavy atom. The average Bonchev–Trinajstić information content (AvgIpc) is 2.66. The summed E-state index contributed by atoms with van der Waals surface area (Å²) in [6.07, 6.45) is 0.969. The van der Waals surface area contributed by atoms with Crippen molar-refractivity contribution >= 4 is 21.6 Å². The Balaban J connectivity index is 1.59. The molecular weight excluding hydrogens is 391 g/mol. The van der Waals surface area contributed by atoms with E-state index in [9.17, 15) is 17.6 Å². The molecule has 0 radical (unpaired) electrons. The lowest BCUT2D eigenvalue weighted by Gasteiger charge is -2.31. The maximum atomic E-state index is 13.0. The van der Waals surface area contributed by atoms with Crippen LogP contribution in [0.5, 0.6) is 0 Å². The predicted octanol–water partition coefficient (Wildman–Crippen LogP) is 3.93. The number of nitrogens with one attached hydrogen (secondary N) is 1. The van der Waals surface area contributed by atoms with Crippen LogP contribution in [0.15, 0.2) is 36.4 Å². The number of piperidine rings is 1. The van der Waals surface area contributed by atoms with E-state index in [1.165, 1.54) is 28.6 Å². The van der Waals surface area contributed by atoms with E-state index < -0.39 is 15.8 Å². The van der Waals surface area contributed by atoms with Gasteiger partial charge in [-0.15, -0.1) is 0 Å². The van der Waals surface area contributed by atoms with Crippen molar-refractivity contribution < 1.29 is 17.6 Å². The van der Waals surface area contributed by atoms with Gasteiger partial charge in [0.1, 0.15) is 5.82 Å². The van der Waals surface area contributed by atoms with E-state index >= 15 is 0 Å². The third-order valence-corrected chi connectivity index (χ3v) is 7.26. The first-order valence-electron chi connectivity index (χ1n) is 9.76. The first-order chi connectivity index (χ1) is 13.7. The Morgan fingerprint density at radius 1 is 1.07 bits per heavy atom. The molecule has 0 atom stereocenters. The molecule has 1 fully saturated rings. The molecule has 5 nitrogen and oxygen atoms in total. The molecule has 7 heteroatoms. The molecule has 0 bridgehead atoms. The molecule has 1 aliphatic rings. The highest BCUT2D eigenvalue weighted by Gasteiger charge is 2.31. The molecule has 1 saturated heterocycles. The van der Waals surface area contributed by atoms with Gasteiger partial charge in [0.2, 0.25) is 15.9 Å². The number of anilines is 1. The topological polar surface area (TPSA) is 66.5 Å². The molecular formula is C22H27FN2O3S. The van der Waals surface area contributed by atoms with Crippen molar-refractivity contribution in [3.63, 3.8) is 0 Å². The number of carbonyl (C=O) groups excluding carboxylic acids is 1. The summed E-state index contributed by atoms with van der Waals surface area (Å²) in [5, 5.41) is 3.03. The van der Waals surface area contributed by atoms with E-state index in [2.05, 4.69) is 5.32 Å². The minimum atomic E-state index is -3.50. The maximum absolute atomic E-state index is 13.0. The fourth-order valence-electron chi connectivity index (χ4n) is 3.88. The van der Waals surface area contributed by atoms with Gasteiger partial charge in [0.15, 0.2) is 0 Å². The number of sulfonamides is 1. The highest BCUT2D eigenvalue weighted by Crippen LogP contribution is 2.26. The maximum Gasteiger partial charge on any atom is 0.227 e. The van der Waals surface area contributed by atoms with Crippen molar-refractivity contribution in [3.05, 3.63) is 64.5 Å². The van der Waals surface area contributed by atoms with Gasteiger partial charge >= 0.3 is 0 Å². The Morgan fingerprint density at radius 3 is 2.17 bits per heavy atom. The lowest BCUT2D eigenvalue weighted by molar-refractivity contribution is -0.120. The average molecular weight is 419 g/mol. The number of aryl methyl sites for hydroxylation is 3.